The van der Waals surface area contributed by atoms with E-state index in [4.69, 9.17) is 10.3 Å². The van der Waals surface area contributed by atoms with E-state index in [2.05, 4.69) is 29.3 Å². The highest BCUT2D eigenvalue weighted by molar-refractivity contribution is 5.78. The van der Waals surface area contributed by atoms with Crippen LogP contribution in [-0.4, -0.2) is 17.2 Å². The van der Waals surface area contributed by atoms with Gasteiger partial charge in [-0.25, -0.2) is 4.99 Å². The lowest BCUT2D eigenvalue weighted by atomic mass is 10.1. The molecule has 0 amide bonds. The Morgan fingerprint density at radius 2 is 2.10 bits per heavy atom. The van der Waals surface area contributed by atoms with E-state index in [1.165, 1.54) is 38.5 Å². The molecule has 1 fully saturated rings. The van der Waals surface area contributed by atoms with Crippen LogP contribution in [0, 0.1) is 0 Å². The molecule has 3 N–H and O–H groups in total. The highest BCUT2D eigenvalue weighted by Gasteiger charge is 2.12. The fraction of sp³-hybridized carbons (Fsp3) is 0.733. The van der Waals surface area contributed by atoms with E-state index in [0.717, 1.165) is 11.5 Å². The largest absolute Gasteiger partial charge is 0.370 e. The Kier molecular flexibility index (Phi) is 5.44. The molecule has 0 aliphatic heterocycles. The molecule has 1 aromatic rings. The van der Waals surface area contributed by atoms with Gasteiger partial charge in [0.05, 0.1) is 5.69 Å². The fourth-order valence-corrected chi connectivity index (χ4v) is 2.52. The van der Waals surface area contributed by atoms with Crippen molar-refractivity contribution in [1.82, 2.24) is 10.5 Å². The van der Waals surface area contributed by atoms with E-state index in [1.807, 2.05) is 6.07 Å². The summed E-state index contributed by atoms with van der Waals surface area (Å²) in [6.45, 7) is 4.63. The highest BCUT2D eigenvalue weighted by Crippen LogP contribution is 2.17. The zero-order valence-corrected chi connectivity index (χ0v) is 12.6. The third-order valence-corrected chi connectivity index (χ3v) is 3.78. The summed E-state index contributed by atoms with van der Waals surface area (Å²) < 4.78 is 5.25. The molecule has 1 aromatic heterocycles. The van der Waals surface area contributed by atoms with Crippen molar-refractivity contribution in [3.63, 3.8) is 0 Å². The van der Waals surface area contributed by atoms with Crippen LogP contribution < -0.4 is 11.1 Å². The van der Waals surface area contributed by atoms with E-state index in [-0.39, 0.29) is 0 Å². The van der Waals surface area contributed by atoms with Crippen LogP contribution in [0.2, 0.25) is 0 Å². The third kappa shape index (κ3) is 4.54. The van der Waals surface area contributed by atoms with Crippen molar-refractivity contribution >= 4 is 5.96 Å². The van der Waals surface area contributed by atoms with Gasteiger partial charge in [-0.2, -0.15) is 0 Å². The normalized spacial score (nSPS) is 18.2. The van der Waals surface area contributed by atoms with E-state index >= 15 is 0 Å². The van der Waals surface area contributed by atoms with Crippen molar-refractivity contribution in [1.29, 1.82) is 0 Å². The lowest BCUT2D eigenvalue weighted by Gasteiger charge is -2.16. The number of hydrogen-bond acceptors (Lipinski definition) is 3. The lowest BCUT2D eigenvalue weighted by Crippen LogP contribution is -2.39. The molecule has 1 heterocycles. The van der Waals surface area contributed by atoms with Gasteiger partial charge in [0.2, 0.25) is 0 Å². The van der Waals surface area contributed by atoms with E-state index in [1.54, 1.807) is 0 Å². The van der Waals surface area contributed by atoms with Crippen LogP contribution in [-0.2, 0) is 6.54 Å². The minimum Gasteiger partial charge on any atom is -0.370 e. The summed E-state index contributed by atoms with van der Waals surface area (Å²) in [6.07, 6.45) is 7.62. The molecule has 5 nitrogen and oxygen atoms in total. The number of nitrogens with two attached hydrogens (primary N) is 1. The molecule has 1 saturated carbocycles. The van der Waals surface area contributed by atoms with Crippen LogP contribution in [0.15, 0.2) is 15.6 Å². The van der Waals surface area contributed by atoms with Crippen molar-refractivity contribution in [2.45, 2.75) is 70.9 Å². The number of hydrogen-bond donors (Lipinski definition) is 2. The van der Waals surface area contributed by atoms with Gasteiger partial charge in [0, 0.05) is 12.1 Å². The summed E-state index contributed by atoms with van der Waals surface area (Å²) in [6, 6.07) is 2.43. The van der Waals surface area contributed by atoms with Gasteiger partial charge in [-0.05, 0) is 18.8 Å². The molecular formula is C15H26N4O. The van der Waals surface area contributed by atoms with Gasteiger partial charge in [0.1, 0.15) is 6.54 Å². The highest BCUT2D eigenvalue weighted by atomic mass is 16.5. The van der Waals surface area contributed by atoms with Crippen LogP contribution in [0.1, 0.15) is 69.7 Å². The molecule has 112 valence electrons. The number of nitrogens with zero attached hydrogens (tertiary/aromatic N) is 2. The molecule has 1 aliphatic rings. The maximum atomic E-state index is 5.95. The van der Waals surface area contributed by atoms with E-state index < -0.39 is 0 Å². The fourth-order valence-electron chi connectivity index (χ4n) is 2.52. The minimum absolute atomic E-state index is 0.373. The Balaban J connectivity index is 1.83. The van der Waals surface area contributed by atoms with Crippen LogP contribution in [0.5, 0.6) is 0 Å². The Bertz CT molecular complexity index is 431. The summed E-state index contributed by atoms with van der Waals surface area (Å²) in [5.74, 6) is 1.65. The molecule has 20 heavy (non-hydrogen) atoms. The van der Waals surface area contributed by atoms with Crippen molar-refractivity contribution in [3.8, 4) is 0 Å². The van der Waals surface area contributed by atoms with Crippen molar-refractivity contribution in [2.24, 2.45) is 10.7 Å². The van der Waals surface area contributed by atoms with Crippen molar-refractivity contribution < 1.29 is 4.52 Å². The minimum atomic E-state index is 0.373. The zero-order chi connectivity index (χ0) is 14.4. The standard InChI is InChI=1S/C15H26N4O/c1-11(2)14-9-13(20-19-14)10-17-15(16)18-12-7-5-3-4-6-8-12/h9,11-12H,3-8,10H2,1-2H3,(H3,16,17,18). The molecule has 0 bridgehead atoms. The monoisotopic (exact) mass is 278 g/mol. The molecule has 5 heteroatoms. The first-order valence-electron chi connectivity index (χ1n) is 7.67. The molecule has 1 aliphatic carbocycles. The SMILES string of the molecule is CC(C)c1cc(CN=C(N)NC2CCCCCC2)on1. The Hall–Kier alpha value is -1.52. The van der Waals surface area contributed by atoms with Gasteiger partial charge >= 0.3 is 0 Å². The van der Waals surface area contributed by atoms with Crippen LogP contribution in [0.4, 0.5) is 0 Å². The number of rotatable bonds is 4. The van der Waals surface area contributed by atoms with Crippen molar-refractivity contribution in [2.75, 3.05) is 0 Å². The predicted octanol–water partition coefficient (Wildman–Crippen LogP) is 2.93. The molecular weight excluding hydrogens is 252 g/mol. The summed E-state index contributed by atoms with van der Waals surface area (Å²) >= 11 is 0. The quantitative estimate of drug-likeness (QED) is 0.504. The average molecular weight is 278 g/mol. The molecule has 0 aromatic carbocycles. The topological polar surface area (TPSA) is 76.4 Å². The van der Waals surface area contributed by atoms with E-state index in [0.29, 0.717) is 24.5 Å². The number of guanidine groups is 1. The maximum absolute atomic E-state index is 5.95. The molecule has 0 saturated heterocycles. The van der Waals surface area contributed by atoms with Crippen LogP contribution >= 0.6 is 0 Å². The maximum Gasteiger partial charge on any atom is 0.189 e. The third-order valence-electron chi connectivity index (χ3n) is 3.78. The average Bonchev–Trinajstić information content (AvgIpc) is 2.75. The second-order valence-electron chi connectivity index (χ2n) is 5.91. The first-order valence-corrected chi connectivity index (χ1v) is 7.67. The Labute approximate surface area is 121 Å². The van der Waals surface area contributed by atoms with Gasteiger partial charge in [-0.1, -0.05) is 44.7 Å². The summed E-state index contributed by atoms with van der Waals surface area (Å²) in [5.41, 5.74) is 6.91. The van der Waals surface area contributed by atoms with Crippen LogP contribution in [0.25, 0.3) is 0 Å². The number of aliphatic imine (C=N–C) groups is 1. The van der Waals surface area contributed by atoms with Crippen LogP contribution in [0.3, 0.4) is 0 Å². The first kappa shape index (κ1) is 14.9. The second kappa shape index (κ2) is 7.31. The smallest absolute Gasteiger partial charge is 0.189 e. The number of aromatic nitrogens is 1. The van der Waals surface area contributed by atoms with Gasteiger partial charge in [0.15, 0.2) is 11.7 Å². The van der Waals surface area contributed by atoms with Gasteiger partial charge in [-0.15, -0.1) is 0 Å². The Morgan fingerprint density at radius 1 is 1.40 bits per heavy atom. The first-order chi connectivity index (χ1) is 9.65. The van der Waals surface area contributed by atoms with Gasteiger partial charge in [0.25, 0.3) is 0 Å². The lowest BCUT2D eigenvalue weighted by molar-refractivity contribution is 0.376. The number of nitrogens with one attached hydrogen (secondary N) is 1. The summed E-state index contributed by atoms with van der Waals surface area (Å²) in [7, 11) is 0. The van der Waals surface area contributed by atoms with E-state index in [9.17, 15) is 0 Å². The molecule has 0 radical (unpaired) electrons. The van der Waals surface area contributed by atoms with Gasteiger partial charge in [-0.3, -0.25) is 0 Å². The molecule has 0 atom stereocenters. The zero-order valence-electron chi connectivity index (χ0n) is 12.6. The Morgan fingerprint density at radius 3 is 2.70 bits per heavy atom. The molecule has 2 rings (SSSR count). The van der Waals surface area contributed by atoms with Crippen molar-refractivity contribution in [3.05, 3.63) is 17.5 Å². The summed E-state index contributed by atoms with van der Waals surface area (Å²) in [5, 5.41) is 7.34. The molecule has 0 unspecified atom stereocenters. The molecule has 0 spiro atoms. The van der Waals surface area contributed by atoms with Gasteiger partial charge < -0.3 is 15.6 Å². The second-order valence-corrected chi connectivity index (χ2v) is 5.91. The predicted molar refractivity (Wildman–Crippen MR) is 80.5 cm³/mol. The summed E-state index contributed by atoms with van der Waals surface area (Å²) in [4.78, 5) is 4.34.